The van der Waals surface area contributed by atoms with E-state index in [9.17, 15) is 0 Å². The topological polar surface area (TPSA) is 36.1 Å². The third-order valence-electron chi connectivity index (χ3n) is 1.67. The predicted octanol–water partition coefficient (Wildman–Crippen LogP) is 1.60. The molecule has 1 rings (SSSR count). The number of hydrogen-bond donors (Lipinski definition) is 0. The molecule has 1 heterocycles. The van der Waals surface area contributed by atoms with Crippen LogP contribution in [0, 0.1) is 17.2 Å². The van der Waals surface area contributed by atoms with Crippen LogP contribution in [0.2, 0.25) is 0 Å². The average molecular weight is 157 g/mol. The van der Waals surface area contributed by atoms with Crippen LogP contribution in [-0.4, -0.2) is 17.6 Å². The van der Waals surface area contributed by atoms with Crippen molar-refractivity contribution in [1.29, 1.82) is 5.26 Å². The predicted molar refractivity (Wildman–Crippen MR) is 41.3 cm³/mol. The lowest BCUT2D eigenvalue weighted by atomic mass is 9.99. The third-order valence-corrected chi connectivity index (χ3v) is 2.21. The lowest BCUT2D eigenvalue weighted by molar-refractivity contribution is 0.582. The number of rotatable bonds is 0. The zero-order chi connectivity index (χ0) is 7.56. The van der Waals surface area contributed by atoms with Crippen molar-refractivity contribution in [3.05, 3.63) is 0 Å². The van der Waals surface area contributed by atoms with Crippen LogP contribution in [-0.2, 0) is 0 Å². The summed E-state index contributed by atoms with van der Waals surface area (Å²) in [7, 11) is 0. The summed E-state index contributed by atoms with van der Waals surface area (Å²) in [5, 5.41) is 8.53. The van der Waals surface area contributed by atoms with Crippen molar-refractivity contribution < 1.29 is 0 Å². The Labute approximate surface area is 65.5 Å². The summed E-state index contributed by atoms with van der Waals surface area (Å²) in [5.74, 6) is -0.0706. The van der Waals surface area contributed by atoms with E-state index >= 15 is 0 Å². The Morgan fingerprint density at radius 1 is 1.80 bits per heavy atom. The second-order valence-corrected chi connectivity index (χ2v) is 3.09. The highest BCUT2D eigenvalue weighted by Crippen LogP contribution is 2.19. The van der Waals surface area contributed by atoms with Crippen LogP contribution in [0.15, 0.2) is 4.99 Å². The Hall–Kier alpha value is -0.550. The van der Waals surface area contributed by atoms with Crippen LogP contribution in [0.5, 0.6) is 0 Å². The average Bonchev–Trinajstić information content (AvgIpc) is 1.95. The van der Waals surface area contributed by atoms with Crippen molar-refractivity contribution in [2.75, 3.05) is 0 Å². The van der Waals surface area contributed by atoms with Gasteiger partial charge in [-0.25, -0.2) is 0 Å². The molecule has 1 aliphatic heterocycles. The van der Waals surface area contributed by atoms with Gasteiger partial charge in [-0.2, -0.15) is 5.26 Å². The van der Waals surface area contributed by atoms with Gasteiger partial charge in [0.05, 0.1) is 23.4 Å². The van der Waals surface area contributed by atoms with Crippen molar-refractivity contribution in [3.63, 3.8) is 0 Å². The Balaban J connectivity index is 2.61. The standard InChI is InChI=1S/C7H9ClN2/c1-5-7(8)2-6(3-9)4-10-5/h4-7H,2H2,1H3. The molecule has 0 amide bonds. The summed E-state index contributed by atoms with van der Waals surface area (Å²) in [6.45, 7) is 1.96. The van der Waals surface area contributed by atoms with Crippen LogP contribution in [0.1, 0.15) is 13.3 Å². The molecule has 2 nitrogen and oxygen atoms in total. The highest BCUT2D eigenvalue weighted by Gasteiger charge is 2.21. The van der Waals surface area contributed by atoms with Gasteiger partial charge < -0.3 is 0 Å². The van der Waals surface area contributed by atoms with Gasteiger partial charge >= 0.3 is 0 Å². The zero-order valence-corrected chi connectivity index (χ0v) is 6.54. The zero-order valence-electron chi connectivity index (χ0n) is 5.79. The van der Waals surface area contributed by atoms with E-state index in [1.54, 1.807) is 6.21 Å². The van der Waals surface area contributed by atoms with Crippen LogP contribution in [0.3, 0.4) is 0 Å². The summed E-state index contributed by atoms with van der Waals surface area (Å²) in [5.41, 5.74) is 0. The minimum absolute atomic E-state index is 0.0367. The van der Waals surface area contributed by atoms with Crippen LogP contribution >= 0.6 is 11.6 Å². The molecule has 0 N–H and O–H groups in total. The Kier molecular flexibility index (Phi) is 2.29. The quantitative estimate of drug-likeness (QED) is 0.491. The van der Waals surface area contributed by atoms with E-state index in [1.807, 2.05) is 6.92 Å². The van der Waals surface area contributed by atoms with Gasteiger partial charge in [-0.05, 0) is 13.3 Å². The van der Waals surface area contributed by atoms with Gasteiger partial charge in [0, 0.05) is 6.21 Å². The summed E-state index contributed by atoms with van der Waals surface area (Å²) < 4.78 is 0. The first-order valence-electron chi connectivity index (χ1n) is 3.31. The van der Waals surface area contributed by atoms with Crippen molar-refractivity contribution in [2.45, 2.75) is 24.8 Å². The minimum Gasteiger partial charge on any atom is -0.292 e. The number of nitriles is 1. The van der Waals surface area contributed by atoms with E-state index in [2.05, 4.69) is 11.1 Å². The molecule has 0 radical (unpaired) electrons. The maximum absolute atomic E-state index is 8.50. The second-order valence-electron chi connectivity index (χ2n) is 2.53. The van der Waals surface area contributed by atoms with Gasteiger partial charge in [0.1, 0.15) is 0 Å². The van der Waals surface area contributed by atoms with Gasteiger partial charge in [0.2, 0.25) is 0 Å². The molecule has 1 aliphatic rings. The molecule has 0 bridgehead atoms. The molecule has 0 spiro atoms. The van der Waals surface area contributed by atoms with Gasteiger partial charge in [0.15, 0.2) is 0 Å². The number of nitrogens with zero attached hydrogens (tertiary/aromatic N) is 2. The van der Waals surface area contributed by atoms with Crippen molar-refractivity contribution in [3.8, 4) is 6.07 Å². The van der Waals surface area contributed by atoms with Gasteiger partial charge in [-0.3, -0.25) is 4.99 Å². The Morgan fingerprint density at radius 2 is 2.50 bits per heavy atom. The van der Waals surface area contributed by atoms with Crippen LogP contribution in [0.4, 0.5) is 0 Å². The minimum atomic E-state index is -0.0706. The maximum Gasteiger partial charge on any atom is 0.0826 e. The van der Waals surface area contributed by atoms with Gasteiger partial charge in [-0.1, -0.05) is 0 Å². The normalized spacial score (nSPS) is 39.1. The summed E-state index contributed by atoms with van der Waals surface area (Å²) in [6.07, 6.45) is 2.44. The Bertz CT molecular complexity index is 183. The molecule has 0 aliphatic carbocycles. The summed E-state index contributed by atoms with van der Waals surface area (Å²) in [6, 6.07) is 2.29. The number of alkyl halides is 1. The second kappa shape index (κ2) is 3.03. The van der Waals surface area contributed by atoms with E-state index in [1.165, 1.54) is 0 Å². The van der Waals surface area contributed by atoms with E-state index in [-0.39, 0.29) is 17.3 Å². The molecule has 0 fully saturated rings. The summed E-state index contributed by atoms with van der Waals surface area (Å²) >= 11 is 5.88. The lowest BCUT2D eigenvalue weighted by Gasteiger charge is -2.19. The molecule has 0 aromatic rings. The molecule has 0 saturated carbocycles. The summed E-state index contributed by atoms with van der Waals surface area (Å²) in [4.78, 5) is 4.08. The molecule has 3 unspecified atom stereocenters. The first-order chi connectivity index (χ1) is 4.74. The fourth-order valence-corrected chi connectivity index (χ4v) is 1.18. The maximum atomic E-state index is 8.50. The van der Waals surface area contributed by atoms with E-state index in [0.717, 1.165) is 6.42 Å². The fraction of sp³-hybridized carbons (Fsp3) is 0.714. The molecule has 10 heavy (non-hydrogen) atoms. The Morgan fingerprint density at radius 3 is 3.00 bits per heavy atom. The largest absolute Gasteiger partial charge is 0.292 e. The van der Waals surface area contributed by atoms with Gasteiger partial charge in [-0.15, -0.1) is 11.6 Å². The first-order valence-corrected chi connectivity index (χ1v) is 3.74. The van der Waals surface area contributed by atoms with Crippen molar-refractivity contribution in [2.24, 2.45) is 10.9 Å². The van der Waals surface area contributed by atoms with E-state index < -0.39 is 0 Å². The highest BCUT2D eigenvalue weighted by atomic mass is 35.5. The molecule has 3 atom stereocenters. The number of halogens is 1. The number of aliphatic imine (C=N–C) groups is 1. The fourth-order valence-electron chi connectivity index (χ4n) is 0.919. The molecule has 0 aromatic carbocycles. The molecular weight excluding hydrogens is 148 g/mol. The van der Waals surface area contributed by atoms with Gasteiger partial charge in [0.25, 0.3) is 0 Å². The first kappa shape index (κ1) is 7.56. The molecule has 0 saturated heterocycles. The highest BCUT2D eigenvalue weighted by molar-refractivity contribution is 6.21. The molecule has 0 aromatic heterocycles. The van der Waals surface area contributed by atoms with Crippen molar-refractivity contribution in [1.82, 2.24) is 0 Å². The van der Waals surface area contributed by atoms with Crippen LogP contribution in [0.25, 0.3) is 0 Å². The third kappa shape index (κ3) is 1.48. The molecule has 3 heteroatoms. The van der Waals surface area contributed by atoms with E-state index in [0.29, 0.717) is 0 Å². The smallest absolute Gasteiger partial charge is 0.0826 e. The monoisotopic (exact) mass is 156 g/mol. The molecule has 54 valence electrons. The SMILES string of the molecule is CC1N=CC(C#N)CC1Cl. The lowest BCUT2D eigenvalue weighted by Crippen LogP contribution is -2.24. The van der Waals surface area contributed by atoms with E-state index in [4.69, 9.17) is 16.9 Å². The number of hydrogen-bond acceptors (Lipinski definition) is 2. The van der Waals surface area contributed by atoms with Crippen LogP contribution < -0.4 is 0 Å². The molecular formula is C7H9ClN2. The van der Waals surface area contributed by atoms with Crippen molar-refractivity contribution >= 4 is 17.8 Å².